The van der Waals surface area contributed by atoms with Gasteiger partial charge in [0.1, 0.15) is 34.4 Å². The zero-order chi connectivity index (χ0) is 25.7. The molecule has 0 amide bonds. The average molecular weight is 493 g/mol. The van der Waals surface area contributed by atoms with Gasteiger partial charge in [0.05, 0.1) is 6.21 Å². The van der Waals surface area contributed by atoms with E-state index < -0.39 is 40.6 Å². The van der Waals surface area contributed by atoms with Crippen molar-refractivity contribution in [1.29, 1.82) is 0 Å². The molecule has 0 spiro atoms. The van der Waals surface area contributed by atoms with E-state index in [0.29, 0.717) is 5.56 Å². The summed E-state index contributed by atoms with van der Waals surface area (Å²) in [5, 5.41) is 12.7. The van der Waals surface area contributed by atoms with Gasteiger partial charge in [0.25, 0.3) is 0 Å². The number of carbonyl (C=O) groups is 1. The smallest absolute Gasteiger partial charge is 0.327 e. The topological polar surface area (TPSA) is 58.9 Å². The number of nitrogens with zero attached hydrogens (tertiary/aromatic N) is 1. The maximum absolute atomic E-state index is 14.1. The van der Waals surface area contributed by atoms with E-state index in [0.717, 1.165) is 42.6 Å². The number of hydrogen-bond donors (Lipinski definition) is 1. The summed E-state index contributed by atoms with van der Waals surface area (Å²) in [6, 6.07) is 19.8. The summed E-state index contributed by atoms with van der Waals surface area (Å²) in [6.45, 7) is 0. The molecule has 0 aromatic heterocycles. The number of hydrogen-bond acceptors (Lipinski definition) is 4. The number of benzene rings is 4. The Morgan fingerprint density at radius 3 is 1.50 bits per heavy atom. The van der Waals surface area contributed by atoms with E-state index in [-0.39, 0.29) is 16.9 Å². The van der Waals surface area contributed by atoms with Crippen LogP contribution < -0.4 is 4.74 Å². The van der Waals surface area contributed by atoms with Gasteiger partial charge in [0, 0.05) is 5.92 Å². The van der Waals surface area contributed by atoms with Crippen molar-refractivity contribution < 1.29 is 32.3 Å². The SMILES string of the molecule is O=C(Oc1ccc(F)cc1)C(c1ccc(F)cc1)(c1ccc(F)cc1)C(C=NO)c1ccc(F)cc1. The third-order valence-electron chi connectivity index (χ3n) is 5.86. The summed E-state index contributed by atoms with van der Waals surface area (Å²) in [4.78, 5) is 14.1. The minimum absolute atomic E-state index is 0.00814. The van der Waals surface area contributed by atoms with E-state index >= 15 is 0 Å². The van der Waals surface area contributed by atoms with Crippen LogP contribution >= 0.6 is 0 Å². The van der Waals surface area contributed by atoms with Crippen LogP contribution in [0.5, 0.6) is 5.75 Å². The van der Waals surface area contributed by atoms with Gasteiger partial charge in [-0.2, -0.15) is 0 Å². The monoisotopic (exact) mass is 493 g/mol. The zero-order valence-corrected chi connectivity index (χ0v) is 18.6. The van der Waals surface area contributed by atoms with Crippen LogP contribution in [0.25, 0.3) is 0 Å². The maximum Gasteiger partial charge on any atom is 0.327 e. The molecule has 4 nitrogen and oxygen atoms in total. The van der Waals surface area contributed by atoms with Crippen LogP contribution in [0.3, 0.4) is 0 Å². The van der Waals surface area contributed by atoms with Crippen LogP contribution in [0.2, 0.25) is 0 Å². The second-order valence-electron chi connectivity index (χ2n) is 7.96. The number of ether oxygens (including phenoxy) is 1. The molecule has 1 unspecified atom stereocenters. The van der Waals surface area contributed by atoms with Gasteiger partial charge in [-0.3, -0.25) is 4.79 Å². The van der Waals surface area contributed by atoms with E-state index in [1.807, 2.05) is 0 Å². The molecule has 0 radical (unpaired) electrons. The number of carbonyl (C=O) groups excluding carboxylic acids is 1. The predicted molar refractivity (Wildman–Crippen MR) is 125 cm³/mol. The highest BCUT2D eigenvalue weighted by Crippen LogP contribution is 2.45. The first-order chi connectivity index (χ1) is 17.3. The molecule has 1 atom stereocenters. The highest BCUT2D eigenvalue weighted by Gasteiger charge is 2.51. The van der Waals surface area contributed by atoms with Crippen LogP contribution in [0.1, 0.15) is 22.6 Å². The molecule has 0 fully saturated rings. The Balaban J connectivity index is 2.03. The first kappa shape index (κ1) is 24.7. The molecule has 4 rings (SSSR count). The lowest BCUT2D eigenvalue weighted by Gasteiger charge is -2.38. The van der Waals surface area contributed by atoms with E-state index in [9.17, 15) is 27.6 Å². The highest BCUT2D eigenvalue weighted by molar-refractivity contribution is 5.95. The Labute approximate surface area is 204 Å². The maximum atomic E-state index is 14.1. The summed E-state index contributed by atoms with van der Waals surface area (Å²) in [7, 11) is 0. The third kappa shape index (κ3) is 4.84. The number of halogens is 4. The molecule has 0 aliphatic carbocycles. The van der Waals surface area contributed by atoms with Gasteiger partial charge in [0.2, 0.25) is 0 Å². The molecule has 4 aromatic carbocycles. The van der Waals surface area contributed by atoms with Crippen LogP contribution in [0.15, 0.2) is 102 Å². The Kier molecular flexibility index (Phi) is 7.15. The first-order valence-corrected chi connectivity index (χ1v) is 10.8. The standard InChI is InChI=1S/C28H19F4NO3/c29-21-7-1-18(2-8-21)26(17-33-35)28(19-3-9-22(30)10-4-19,20-5-11-23(31)12-6-20)27(34)36-25-15-13-24(32)14-16-25/h1-17,26,35H. The molecular weight excluding hydrogens is 474 g/mol. The highest BCUT2D eigenvalue weighted by atomic mass is 19.1. The molecular formula is C28H19F4NO3. The Hall–Kier alpha value is -4.46. The number of esters is 1. The fourth-order valence-corrected chi connectivity index (χ4v) is 4.19. The minimum Gasteiger partial charge on any atom is -0.426 e. The molecule has 36 heavy (non-hydrogen) atoms. The van der Waals surface area contributed by atoms with Crippen molar-refractivity contribution in [2.24, 2.45) is 5.16 Å². The summed E-state index contributed by atoms with van der Waals surface area (Å²) in [6.07, 6.45) is 1.06. The van der Waals surface area contributed by atoms with Crippen LogP contribution in [0.4, 0.5) is 17.6 Å². The molecule has 0 saturated heterocycles. The molecule has 0 aliphatic rings. The average Bonchev–Trinajstić information content (AvgIpc) is 2.88. The summed E-state index contributed by atoms with van der Waals surface area (Å²) in [5.41, 5.74) is -1.09. The quantitative estimate of drug-likeness (QED) is 0.0812. The lowest BCUT2D eigenvalue weighted by atomic mass is 9.63. The Bertz CT molecular complexity index is 1310. The molecule has 0 aliphatic heterocycles. The molecule has 0 saturated carbocycles. The van der Waals surface area contributed by atoms with Crippen LogP contribution in [0, 0.1) is 23.3 Å². The molecule has 1 N–H and O–H groups in total. The summed E-state index contributed by atoms with van der Waals surface area (Å²) >= 11 is 0. The molecule has 0 heterocycles. The zero-order valence-electron chi connectivity index (χ0n) is 18.6. The molecule has 0 bridgehead atoms. The predicted octanol–water partition coefficient (Wildman–Crippen LogP) is 6.38. The largest absolute Gasteiger partial charge is 0.426 e. The van der Waals surface area contributed by atoms with Crippen molar-refractivity contribution in [3.63, 3.8) is 0 Å². The normalized spacial score (nSPS) is 12.4. The number of rotatable bonds is 7. The van der Waals surface area contributed by atoms with Crippen molar-refractivity contribution in [3.8, 4) is 5.75 Å². The van der Waals surface area contributed by atoms with Gasteiger partial charge in [0.15, 0.2) is 0 Å². The van der Waals surface area contributed by atoms with Crippen molar-refractivity contribution >= 4 is 12.2 Å². The molecule has 8 heteroatoms. The Morgan fingerprint density at radius 2 is 1.08 bits per heavy atom. The first-order valence-electron chi connectivity index (χ1n) is 10.8. The summed E-state index contributed by atoms with van der Waals surface area (Å²) in [5.74, 6) is -4.28. The summed E-state index contributed by atoms with van der Waals surface area (Å²) < 4.78 is 60.7. The van der Waals surface area contributed by atoms with E-state index in [1.54, 1.807) is 0 Å². The lowest BCUT2D eigenvalue weighted by molar-refractivity contribution is -0.139. The van der Waals surface area contributed by atoms with E-state index in [4.69, 9.17) is 4.74 Å². The van der Waals surface area contributed by atoms with E-state index in [1.165, 1.54) is 60.7 Å². The second kappa shape index (κ2) is 10.4. The van der Waals surface area contributed by atoms with Crippen molar-refractivity contribution in [3.05, 3.63) is 137 Å². The Morgan fingerprint density at radius 1 is 0.694 bits per heavy atom. The lowest BCUT2D eigenvalue weighted by Crippen LogP contribution is -2.46. The fourth-order valence-electron chi connectivity index (χ4n) is 4.19. The number of oxime groups is 1. The molecule has 4 aromatic rings. The van der Waals surface area contributed by atoms with Gasteiger partial charge < -0.3 is 9.94 Å². The van der Waals surface area contributed by atoms with Crippen LogP contribution in [-0.4, -0.2) is 17.4 Å². The third-order valence-corrected chi connectivity index (χ3v) is 5.86. The van der Waals surface area contributed by atoms with Crippen LogP contribution in [-0.2, 0) is 10.2 Å². The van der Waals surface area contributed by atoms with Crippen molar-refractivity contribution in [2.45, 2.75) is 11.3 Å². The minimum atomic E-state index is -1.88. The van der Waals surface area contributed by atoms with Gasteiger partial charge in [-0.1, -0.05) is 36.4 Å². The van der Waals surface area contributed by atoms with Crippen molar-refractivity contribution in [1.82, 2.24) is 0 Å². The molecule has 182 valence electrons. The van der Waals surface area contributed by atoms with Gasteiger partial charge >= 0.3 is 5.97 Å². The van der Waals surface area contributed by atoms with Crippen molar-refractivity contribution in [2.75, 3.05) is 0 Å². The van der Waals surface area contributed by atoms with E-state index in [2.05, 4.69) is 5.16 Å². The van der Waals surface area contributed by atoms with Gasteiger partial charge in [-0.15, -0.1) is 5.16 Å². The second-order valence-corrected chi connectivity index (χ2v) is 7.96. The fraction of sp³-hybridized carbons (Fsp3) is 0.0714. The van der Waals surface area contributed by atoms with Gasteiger partial charge in [-0.25, -0.2) is 17.6 Å². The van der Waals surface area contributed by atoms with Gasteiger partial charge in [-0.05, 0) is 77.4 Å².